The van der Waals surface area contributed by atoms with Gasteiger partial charge in [0.25, 0.3) is 5.56 Å². The van der Waals surface area contributed by atoms with Crippen LogP contribution in [0.4, 0.5) is 8.78 Å². The van der Waals surface area contributed by atoms with Gasteiger partial charge >= 0.3 is 0 Å². The molecule has 1 aromatic heterocycles. The van der Waals surface area contributed by atoms with Crippen molar-refractivity contribution in [3.05, 3.63) is 52.5 Å². The summed E-state index contributed by atoms with van der Waals surface area (Å²) < 4.78 is 32.9. The van der Waals surface area contributed by atoms with Crippen molar-refractivity contribution in [2.75, 3.05) is 0 Å². The molecule has 3 fully saturated rings. The monoisotopic (exact) mass is 469 g/mol. The summed E-state index contributed by atoms with van der Waals surface area (Å²) in [6.07, 6.45) is 5.66. The second-order valence-electron chi connectivity index (χ2n) is 11.7. The summed E-state index contributed by atoms with van der Waals surface area (Å²) in [5, 5.41) is 23.7. The maximum atomic E-state index is 16.8. The number of halogens is 2. The number of aromatic amines is 1. The molecule has 0 radical (unpaired) electrons. The highest BCUT2D eigenvalue weighted by molar-refractivity contribution is 5.86. The summed E-state index contributed by atoms with van der Waals surface area (Å²) in [6.45, 7) is 2.11. The molecule has 0 bridgehead atoms. The topological polar surface area (TPSA) is 73.3 Å². The van der Waals surface area contributed by atoms with Gasteiger partial charge in [-0.3, -0.25) is 4.79 Å². The number of nitrogens with one attached hydrogen (secondary N) is 1. The Morgan fingerprint density at radius 3 is 2.74 bits per heavy atom. The first kappa shape index (κ1) is 22.4. The fourth-order valence-electron chi connectivity index (χ4n) is 8.17. The lowest BCUT2D eigenvalue weighted by Crippen LogP contribution is -2.63. The number of H-pyrrole nitrogens is 1. The van der Waals surface area contributed by atoms with Gasteiger partial charge in [-0.15, -0.1) is 0 Å². The molecule has 2 aromatic rings. The molecule has 6 unspecified atom stereocenters. The van der Waals surface area contributed by atoms with E-state index in [1.54, 1.807) is 6.20 Å². The Morgan fingerprint density at radius 2 is 1.91 bits per heavy atom. The van der Waals surface area contributed by atoms with Crippen molar-refractivity contribution in [1.82, 2.24) is 4.98 Å². The maximum Gasteiger partial charge on any atom is 0.255 e. The zero-order chi connectivity index (χ0) is 23.9. The van der Waals surface area contributed by atoms with Crippen LogP contribution in [0.25, 0.3) is 16.3 Å². The van der Waals surface area contributed by atoms with Gasteiger partial charge in [0.15, 0.2) is 0 Å². The smallest absolute Gasteiger partial charge is 0.255 e. The van der Waals surface area contributed by atoms with Crippen LogP contribution in [-0.4, -0.2) is 38.2 Å². The summed E-state index contributed by atoms with van der Waals surface area (Å²) in [6, 6.07) is 7.65. The number of aromatic nitrogens is 1. The Labute approximate surface area is 198 Å². The van der Waals surface area contributed by atoms with Crippen molar-refractivity contribution in [3.8, 4) is 0 Å². The normalized spacial score (nSPS) is 44.0. The molecule has 0 aliphatic heterocycles. The molecule has 182 valence electrons. The average Bonchev–Trinajstić information content (AvgIpc) is 3.10. The Morgan fingerprint density at radius 1 is 1.09 bits per heavy atom. The average molecular weight is 470 g/mol. The van der Waals surface area contributed by atoms with Crippen LogP contribution in [0.15, 0.2) is 41.3 Å². The van der Waals surface area contributed by atoms with Crippen LogP contribution in [0.2, 0.25) is 0 Å². The van der Waals surface area contributed by atoms with Crippen molar-refractivity contribution in [3.63, 3.8) is 0 Å². The van der Waals surface area contributed by atoms with Gasteiger partial charge in [0.05, 0.1) is 6.10 Å². The molecule has 0 spiro atoms. The van der Waals surface area contributed by atoms with Crippen molar-refractivity contribution in [2.24, 2.45) is 17.3 Å². The predicted octanol–water partition coefficient (Wildman–Crippen LogP) is 5.22. The lowest BCUT2D eigenvalue weighted by Gasteiger charge is -2.56. The first-order chi connectivity index (χ1) is 16.1. The van der Waals surface area contributed by atoms with Crippen LogP contribution in [0.5, 0.6) is 0 Å². The second kappa shape index (κ2) is 7.23. The number of aliphatic hydroxyl groups excluding tert-OH is 1. The highest BCUT2D eigenvalue weighted by Gasteiger charge is 2.69. The van der Waals surface area contributed by atoms with Crippen molar-refractivity contribution < 1.29 is 19.0 Å². The molecular formula is C28H33F2NO3. The molecule has 7 atom stereocenters. The minimum atomic E-state index is -2.00. The van der Waals surface area contributed by atoms with E-state index < -0.39 is 28.5 Å². The summed E-state index contributed by atoms with van der Waals surface area (Å²) >= 11 is 0. The van der Waals surface area contributed by atoms with Crippen LogP contribution in [0, 0.1) is 17.3 Å². The standard InChI is InChI=1S/C28H33F2NO3/c1-25-11-12-27(30)16-26(29)15-20(32)4-3-19(26)8-10-28(27,34)23(25)7-6-22(25)18-2-5-21-17(14-18)9-13-31-24(21)33/h2,5-6,9,13-14,19-20,23,32,34H,3-4,7-8,10-12,15-16H2,1H3,(H,31,33)/t19?,20?,23?,25?,26?,27?,28-/m0/s1. The van der Waals surface area contributed by atoms with Gasteiger partial charge in [-0.05, 0) is 91.0 Å². The third-order valence-corrected chi connectivity index (χ3v) is 10.0. The highest BCUT2D eigenvalue weighted by Crippen LogP contribution is 2.67. The SMILES string of the molecule is CC12CCC3(F)CC4(F)CC(O)CCC4CC[C@]3(O)C1CC=C2c1ccc2c(=O)[nH]ccc2c1. The van der Waals surface area contributed by atoms with Gasteiger partial charge in [0.2, 0.25) is 0 Å². The molecule has 0 amide bonds. The second-order valence-corrected chi connectivity index (χ2v) is 11.7. The van der Waals surface area contributed by atoms with E-state index in [1.165, 1.54) is 0 Å². The lowest BCUT2D eigenvalue weighted by molar-refractivity contribution is -0.201. The number of hydrogen-bond donors (Lipinski definition) is 3. The number of fused-ring (bicyclic) bond motifs is 5. The number of benzene rings is 1. The first-order valence-electron chi connectivity index (χ1n) is 12.7. The molecule has 6 heteroatoms. The van der Waals surface area contributed by atoms with Gasteiger partial charge in [0, 0.05) is 30.3 Å². The first-order valence-corrected chi connectivity index (χ1v) is 12.7. The Hall–Kier alpha value is -2.05. The van der Waals surface area contributed by atoms with Gasteiger partial charge < -0.3 is 15.2 Å². The number of pyridine rings is 1. The van der Waals surface area contributed by atoms with E-state index in [9.17, 15) is 15.0 Å². The van der Waals surface area contributed by atoms with E-state index in [0.29, 0.717) is 37.5 Å². The van der Waals surface area contributed by atoms with Crippen molar-refractivity contribution in [2.45, 2.75) is 87.8 Å². The zero-order valence-corrected chi connectivity index (χ0v) is 19.6. The van der Waals surface area contributed by atoms with Crippen LogP contribution < -0.4 is 5.56 Å². The summed E-state index contributed by atoms with van der Waals surface area (Å²) in [4.78, 5) is 14.8. The highest BCUT2D eigenvalue weighted by atomic mass is 19.2. The van der Waals surface area contributed by atoms with Gasteiger partial charge in [-0.25, -0.2) is 8.78 Å². The Bertz CT molecular complexity index is 1240. The fraction of sp³-hybridized carbons (Fsp3) is 0.607. The van der Waals surface area contributed by atoms with Crippen molar-refractivity contribution >= 4 is 16.3 Å². The predicted molar refractivity (Wildman–Crippen MR) is 128 cm³/mol. The van der Waals surface area contributed by atoms with Crippen LogP contribution in [0.1, 0.15) is 70.3 Å². The third kappa shape index (κ3) is 2.97. The molecule has 4 aliphatic rings. The molecule has 4 aliphatic carbocycles. The minimum Gasteiger partial charge on any atom is -0.393 e. The third-order valence-electron chi connectivity index (χ3n) is 10.0. The number of hydrogen-bond acceptors (Lipinski definition) is 3. The molecular weight excluding hydrogens is 436 g/mol. The maximum absolute atomic E-state index is 16.8. The van der Waals surface area contributed by atoms with Crippen molar-refractivity contribution in [1.29, 1.82) is 0 Å². The van der Waals surface area contributed by atoms with Gasteiger partial charge in [-0.2, -0.15) is 0 Å². The molecule has 3 saturated carbocycles. The number of alkyl halides is 2. The van der Waals surface area contributed by atoms with E-state index >= 15 is 8.78 Å². The molecule has 0 saturated heterocycles. The summed E-state index contributed by atoms with van der Waals surface area (Å²) in [5.41, 5.74) is -3.85. The molecule has 6 rings (SSSR count). The fourth-order valence-corrected chi connectivity index (χ4v) is 8.17. The molecule has 34 heavy (non-hydrogen) atoms. The summed E-state index contributed by atoms with van der Waals surface area (Å²) in [7, 11) is 0. The van der Waals surface area contributed by atoms with Gasteiger partial charge in [-0.1, -0.05) is 19.1 Å². The van der Waals surface area contributed by atoms with Gasteiger partial charge in [0.1, 0.15) is 16.9 Å². The Kier molecular flexibility index (Phi) is 4.77. The number of rotatable bonds is 1. The van der Waals surface area contributed by atoms with E-state index in [1.807, 2.05) is 24.3 Å². The summed E-state index contributed by atoms with van der Waals surface area (Å²) in [5.74, 6) is -0.644. The molecule has 1 heterocycles. The van der Waals surface area contributed by atoms with E-state index in [4.69, 9.17) is 0 Å². The van der Waals surface area contributed by atoms with Crippen LogP contribution in [0.3, 0.4) is 0 Å². The molecule has 3 N–H and O–H groups in total. The van der Waals surface area contributed by atoms with E-state index in [-0.39, 0.29) is 43.1 Å². The number of aliphatic hydroxyl groups is 2. The molecule has 1 aromatic carbocycles. The largest absolute Gasteiger partial charge is 0.393 e. The Balaban J connectivity index is 1.37. The van der Waals surface area contributed by atoms with Crippen LogP contribution in [-0.2, 0) is 0 Å². The molecule has 4 nitrogen and oxygen atoms in total. The number of allylic oxidation sites excluding steroid dienone is 2. The minimum absolute atomic E-state index is 0.0267. The zero-order valence-electron chi connectivity index (χ0n) is 19.6. The van der Waals surface area contributed by atoms with E-state index in [2.05, 4.69) is 18.0 Å². The lowest BCUT2D eigenvalue weighted by atomic mass is 9.52. The van der Waals surface area contributed by atoms with Crippen LogP contribution >= 0.6 is 0 Å². The van der Waals surface area contributed by atoms with E-state index in [0.717, 1.165) is 16.5 Å². The quantitative estimate of drug-likeness (QED) is 0.536.